The number of imidazole rings is 1. The third-order valence-electron chi connectivity index (χ3n) is 5.36. The summed E-state index contributed by atoms with van der Waals surface area (Å²) in [7, 11) is 0. The van der Waals surface area contributed by atoms with Gasteiger partial charge in [-0.1, -0.05) is 42.7 Å². The molecule has 0 radical (unpaired) electrons. The second kappa shape index (κ2) is 7.82. The van der Waals surface area contributed by atoms with Crippen molar-refractivity contribution in [2.24, 2.45) is 0 Å². The molecule has 2 N–H and O–H groups in total. The van der Waals surface area contributed by atoms with Gasteiger partial charge in [0.25, 0.3) is 0 Å². The number of aromatic amines is 1. The summed E-state index contributed by atoms with van der Waals surface area (Å²) in [4.78, 5) is 23.0. The number of hydrogen-bond donors (Lipinski definition) is 2. The standard InChI is InChI=1S/C22H26N4O/c1-16-10-12-17(13-11-16)23-22(27)26(18-6-2-3-7-18)15-14-21-24-19-8-4-5-9-20(19)25-21/h4-5,8-13,18H,2-3,6-7,14-15H2,1H3,(H,23,27)(H,24,25). The number of nitrogens with zero attached hydrogens (tertiary/aromatic N) is 2. The van der Waals surface area contributed by atoms with Gasteiger partial charge in [0.1, 0.15) is 5.82 Å². The van der Waals surface area contributed by atoms with Crippen LogP contribution >= 0.6 is 0 Å². The number of anilines is 1. The molecule has 1 aliphatic carbocycles. The molecule has 0 aliphatic heterocycles. The summed E-state index contributed by atoms with van der Waals surface area (Å²) in [5.41, 5.74) is 4.05. The number of para-hydroxylation sites is 2. The number of fused-ring (bicyclic) bond motifs is 1. The molecule has 0 spiro atoms. The summed E-state index contributed by atoms with van der Waals surface area (Å²) in [6.45, 7) is 2.71. The summed E-state index contributed by atoms with van der Waals surface area (Å²) in [5.74, 6) is 0.933. The Balaban J connectivity index is 1.46. The van der Waals surface area contributed by atoms with E-state index < -0.39 is 0 Å². The van der Waals surface area contributed by atoms with Crippen molar-refractivity contribution < 1.29 is 4.79 Å². The van der Waals surface area contributed by atoms with E-state index in [0.29, 0.717) is 12.6 Å². The molecule has 1 heterocycles. The first kappa shape index (κ1) is 17.6. The van der Waals surface area contributed by atoms with Crippen LogP contribution in [0.4, 0.5) is 10.5 Å². The first-order valence-corrected chi connectivity index (χ1v) is 9.77. The van der Waals surface area contributed by atoms with Gasteiger partial charge in [-0.2, -0.15) is 0 Å². The minimum Gasteiger partial charge on any atom is -0.342 e. The minimum atomic E-state index is -0.0122. The molecule has 1 fully saturated rings. The number of hydrogen-bond acceptors (Lipinski definition) is 2. The number of benzene rings is 2. The molecule has 0 bridgehead atoms. The van der Waals surface area contributed by atoms with Crippen molar-refractivity contribution in [2.45, 2.75) is 45.1 Å². The summed E-state index contributed by atoms with van der Waals surface area (Å²) < 4.78 is 0. The van der Waals surface area contributed by atoms with Crippen molar-refractivity contribution in [3.8, 4) is 0 Å². The summed E-state index contributed by atoms with van der Waals surface area (Å²) in [6.07, 6.45) is 5.29. The second-order valence-electron chi connectivity index (χ2n) is 7.38. The Morgan fingerprint density at radius 1 is 1.15 bits per heavy atom. The molecule has 140 valence electrons. The van der Waals surface area contributed by atoms with Crippen molar-refractivity contribution in [3.05, 3.63) is 59.9 Å². The highest BCUT2D eigenvalue weighted by molar-refractivity contribution is 5.89. The topological polar surface area (TPSA) is 61.0 Å². The first-order chi connectivity index (χ1) is 13.2. The van der Waals surface area contributed by atoms with Crippen LogP contribution in [0.3, 0.4) is 0 Å². The zero-order valence-corrected chi connectivity index (χ0v) is 15.7. The summed E-state index contributed by atoms with van der Waals surface area (Å²) >= 11 is 0. The molecular formula is C22H26N4O. The third kappa shape index (κ3) is 4.13. The fourth-order valence-electron chi connectivity index (χ4n) is 3.85. The van der Waals surface area contributed by atoms with E-state index >= 15 is 0 Å². The predicted octanol–water partition coefficient (Wildman–Crippen LogP) is 4.89. The zero-order chi connectivity index (χ0) is 18.6. The van der Waals surface area contributed by atoms with Gasteiger partial charge >= 0.3 is 6.03 Å². The largest absolute Gasteiger partial charge is 0.342 e. The van der Waals surface area contributed by atoms with Gasteiger partial charge in [0.15, 0.2) is 0 Å². The van der Waals surface area contributed by atoms with E-state index in [2.05, 4.69) is 15.3 Å². The monoisotopic (exact) mass is 362 g/mol. The number of carbonyl (C=O) groups excluding carboxylic acids is 1. The Morgan fingerprint density at radius 3 is 2.63 bits per heavy atom. The molecule has 2 aromatic carbocycles. The molecular weight excluding hydrogens is 336 g/mol. The number of urea groups is 1. The molecule has 27 heavy (non-hydrogen) atoms. The number of nitrogens with one attached hydrogen (secondary N) is 2. The second-order valence-corrected chi connectivity index (χ2v) is 7.38. The molecule has 3 aromatic rings. The Morgan fingerprint density at radius 2 is 1.89 bits per heavy atom. The van der Waals surface area contributed by atoms with Crippen LogP contribution in [0.5, 0.6) is 0 Å². The van der Waals surface area contributed by atoms with Crippen LogP contribution in [0.2, 0.25) is 0 Å². The van der Waals surface area contributed by atoms with Crippen molar-refractivity contribution in [3.63, 3.8) is 0 Å². The SMILES string of the molecule is Cc1ccc(NC(=O)N(CCc2nc3ccccc3[nH]2)C2CCCC2)cc1. The lowest BCUT2D eigenvalue weighted by atomic mass is 10.2. The van der Waals surface area contributed by atoms with Crippen LogP contribution in [0.25, 0.3) is 11.0 Å². The average Bonchev–Trinajstić information content (AvgIpc) is 3.33. The van der Waals surface area contributed by atoms with Gasteiger partial charge in [-0.25, -0.2) is 9.78 Å². The van der Waals surface area contributed by atoms with E-state index in [1.54, 1.807) is 0 Å². The fourth-order valence-corrected chi connectivity index (χ4v) is 3.85. The van der Waals surface area contributed by atoms with Gasteiger partial charge in [-0.05, 0) is 44.0 Å². The third-order valence-corrected chi connectivity index (χ3v) is 5.36. The molecule has 1 saturated carbocycles. The van der Waals surface area contributed by atoms with Gasteiger partial charge in [-0.15, -0.1) is 0 Å². The highest BCUT2D eigenvalue weighted by Crippen LogP contribution is 2.25. The predicted molar refractivity (Wildman–Crippen MR) is 109 cm³/mol. The van der Waals surface area contributed by atoms with E-state index in [-0.39, 0.29) is 6.03 Å². The normalized spacial score (nSPS) is 14.6. The van der Waals surface area contributed by atoms with Gasteiger partial charge in [0.2, 0.25) is 0 Å². The van der Waals surface area contributed by atoms with Crippen molar-refractivity contribution in [1.29, 1.82) is 0 Å². The van der Waals surface area contributed by atoms with E-state index in [4.69, 9.17) is 0 Å². The molecule has 1 aromatic heterocycles. The van der Waals surface area contributed by atoms with Crippen molar-refractivity contribution in [1.82, 2.24) is 14.9 Å². The Kier molecular flexibility index (Phi) is 5.10. The Hall–Kier alpha value is -2.82. The molecule has 2 amide bonds. The van der Waals surface area contributed by atoms with Crippen LogP contribution in [-0.4, -0.2) is 33.5 Å². The smallest absolute Gasteiger partial charge is 0.322 e. The van der Waals surface area contributed by atoms with E-state index in [9.17, 15) is 4.79 Å². The molecule has 0 saturated heterocycles. The van der Waals surface area contributed by atoms with Gasteiger partial charge in [0.05, 0.1) is 11.0 Å². The van der Waals surface area contributed by atoms with Gasteiger partial charge in [0, 0.05) is 24.7 Å². The lowest BCUT2D eigenvalue weighted by Crippen LogP contribution is -2.43. The molecule has 5 heteroatoms. The Bertz CT molecular complexity index is 876. The quantitative estimate of drug-likeness (QED) is 0.679. The summed E-state index contributed by atoms with van der Waals surface area (Å²) in [6, 6.07) is 16.3. The Labute approximate surface area is 159 Å². The lowest BCUT2D eigenvalue weighted by molar-refractivity contribution is 0.189. The highest BCUT2D eigenvalue weighted by Gasteiger charge is 2.26. The number of aryl methyl sites for hydroxylation is 1. The van der Waals surface area contributed by atoms with Crippen molar-refractivity contribution >= 4 is 22.8 Å². The van der Waals surface area contributed by atoms with Crippen LogP contribution in [-0.2, 0) is 6.42 Å². The van der Waals surface area contributed by atoms with Crippen LogP contribution in [0, 0.1) is 6.92 Å². The number of carbonyl (C=O) groups is 1. The first-order valence-electron chi connectivity index (χ1n) is 9.77. The van der Waals surface area contributed by atoms with E-state index in [0.717, 1.165) is 41.8 Å². The number of aromatic nitrogens is 2. The van der Waals surface area contributed by atoms with Gasteiger partial charge < -0.3 is 15.2 Å². The molecule has 0 unspecified atom stereocenters. The average molecular weight is 362 g/mol. The number of rotatable bonds is 5. The molecule has 5 nitrogen and oxygen atoms in total. The molecule has 1 aliphatic rings. The fraction of sp³-hybridized carbons (Fsp3) is 0.364. The van der Waals surface area contributed by atoms with Crippen LogP contribution < -0.4 is 5.32 Å². The molecule has 0 atom stereocenters. The summed E-state index contributed by atoms with van der Waals surface area (Å²) in [5, 5.41) is 3.07. The number of amides is 2. The zero-order valence-electron chi connectivity index (χ0n) is 15.7. The lowest BCUT2D eigenvalue weighted by Gasteiger charge is -2.29. The maximum atomic E-state index is 13.0. The van der Waals surface area contributed by atoms with E-state index in [1.165, 1.54) is 18.4 Å². The van der Waals surface area contributed by atoms with Crippen LogP contribution in [0.1, 0.15) is 37.1 Å². The highest BCUT2D eigenvalue weighted by atomic mass is 16.2. The maximum absolute atomic E-state index is 13.0. The van der Waals surface area contributed by atoms with Gasteiger partial charge in [-0.3, -0.25) is 0 Å². The molecule has 4 rings (SSSR count). The van der Waals surface area contributed by atoms with Crippen molar-refractivity contribution in [2.75, 3.05) is 11.9 Å². The van der Waals surface area contributed by atoms with E-state index in [1.807, 2.05) is 60.4 Å². The number of H-pyrrole nitrogens is 1. The van der Waals surface area contributed by atoms with Crippen LogP contribution in [0.15, 0.2) is 48.5 Å². The maximum Gasteiger partial charge on any atom is 0.322 e. The minimum absolute atomic E-state index is 0.0122.